The van der Waals surface area contributed by atoms with Crippen LogP contribution in [-0.4, -0.2) is 34.4 Å². The fourth-order valence-corrected chi connectivity index (χ4v) is 1.24. The van der Waals surface area contributed by atoms with Crippen molar-refractivity contribution in [2.24, 2.45) is 0 Å². The summed E-state index contributed by atoms with van der Waals surface area (Å²) < 4.78 is 4.87. The zero-order valence-electron chi connectivity index (χ0n) is 9.87. The average Bonchev–Trinajstić information content (AvgIpc) is 2.36. The van der Waals surface area contributed by atoms with Crippen LogP contribution < -0.4 is 5.32 Å². The number of rotatable bonds is 5. The molecule has 0 aliphatic heterocycles. The van der Waals surface area contributed by atoms with Crippen molar-refractivity contribution in [1.82, 2.24) is 5.32 Å². The Kier molecular flexibility index (Phi) is 5.13. The molecule has 0 saturated carbocycles. The van der Waals surface area contributed by atoms with Crippen molar-refractivity contribution in [1.29, 1.82) is 0 Å². The highest BCUT2D eigenvalue weighted by Crippen LogP contribution is 2.01. The van der Waals surface area contributed by atoms with Gasteiger partial charge in [0.05, 0.1) is 6.04 Å². The average molecular weight is 253 g/mol. The minimum atomic E-state index is -1.66. The van der Waals surface area contributed by atoms with E-state index in [0.717, 1.165) is 5.56 Å². The summed E-state index contributed by atoms with van der Waals surface area (Å²) in [6.45, 7) is 1.46. The maximum absolute atomic E-state index is 11.3. The molecule has 2 atom stereocenters. The molecule has 0 spiro atoms. The fraction of sp³-hybridized carbons (Fsp3) is 0.333. The normalized spacial score (nSPS) is 13.4. The van der Waals surface area contributed by atoms with Crippen LogP contribution >= 0.6 is 0 Å². The second kappa shape index (κ2) is 6.61. The number of carbonyl (C=O) groups excluding carboxylic acids is 1. The third-order valence-electron chi connectivity index (χ3n) is 2.28. The third-order valence-corrected chi connectivity index (χ3v) is 2.28. The maximum atomic E-state index is 11.3. The molecule has 0 aliphatic carbocycles. The van der Waals surface area contributed by atoms with Gasteiger partial charge in [-0.2, -0.15) is 0 Å². The van der Waals surface area contributed by atoms with Crippen LogP contribution in [0.3, 0.4) is 0 Å². The second-order valence-electron chi connectivity index (χ2n) is 3.78. The minimum absolute atomic E-state index is 0.0859. The standard InChI is InChI=1S/C12H15NO5/c1-8(10(14)11(15)16)13-12(17)18-7-9-5-3-2-4-6-9/h2-6,8,10,14H,7H2,1H3,(H,13,17)(H,15,16)/t8-,10?/m0/s1. The Morgan fingerprint density at radius 3 is 2.50 bits per heavy atom. The number of carboxylic acids is 1. The quantitative estimate of drug-likeness (QED) is 0.719. The van der Waals surface area contributed by atoms with E-state index in [2.05, 4.69) is 5.32 Å². The molecule has 6 nitrogen and oxygen atoms in total. The van der Waals surface area contributed by atoms with Crippen molar-refractivity contribution in [2.75, 3.05) is 0 Å². The molecule has 1 rings (SSSR count). The lowest BCUT2D eigenvalue weighted by Gasteiger charge is -2.16. The SMILES string of the molecule is C[C@H](NC(=O)OCc1ccccc1)C(O)C(=O)O. The lowest BCUT2D eigenvalue weighted by Crippen LogP contribution is -2.45. The van der Waals surface area contributed by atoms with Crippen LogP contribution in [0.15, 0.2) is 30.3 Å². The Hall–Kier alpha value is -2.08. The van der Waals surface area contributed by atoms with Crippen molar-refractivity contribution in [3.05, 3.63) is 35.9 Å². The van der Waals surface area contributed by atoms with Gasteiger partial charge in [0.2, 0.25) is 0 Å². The van der Waals surface area contributed by atoms with E-state index in [1.165, 1.54) is 6.92 Å². The minimum Gasteiger partial charge on any atom is -0.479 e. The van der Waals surface area contributed by atoms with E-state index < -0.39 is 24.2 Å². The first-order chi connectivity index (χ1) is 8.50. The molecule has 1 aromatic rings. The van der Waals surface area contributed by atoms with Gasteiger partial charge in [0.1, 0.15) is 6.61 Å². The van der Waals surface area contributed by atoms with Gasteiger partial charge in [-0.3, -0.25) is 0 Å². The van der Waals surface area contributed by atoms with E-state index in [1.54, 1.807) is 12.1 Å². The zero-order chi connectivity index (χ0) is 13.5. The van der Waals surface area contributed by atoms with Gasteiger partial charge in [-0.15, -0.1) is 0 Å². The summed E-state index contributed by atoms with van der Waals surface area (Å²) in [5.74, 6) is -1.40. The molecule has 6 heteroatoms. The van der Waals surface area contributed by atoms with Crippen molar-refractivity contribution in [3.63, 3.8) is 0 Å². The molecule has 0 bridgehead atoms. The number of hydrogen-bond acceptors (Lipinski definition) is 4. The van der Waals surface area contributed by atoms with Gasteiger partial charge in [-0.1, -0.05) is 30.3 Å². The topological polar surface area (TPSA) is 95.9 Å². The van der Waals surface area contributed by atoms with Gasteiger partial charge in [0, 0.05) is 0 Å². The summed E-state index contributed by atoms with van der Waals surface area (Å²) in [6, 6.07) is 8.13. The summed E-state index contributed by atoms with van der Waals surface area (Å²) in [6.07, 6.45) is -2.43. The lowest BCUT2D eigenvalue weighted by atomic mass is 10.2. The number of amides is 1. The number of benzene rings is 1. The Morgan fingerprint density at radius 2 is 1.94 bits per heavy atom. The van der Waals surface area contributed by atoms with Crippen LogP contribution in [0.4, 0.5) is 4.79 Å². The first-order valence-electron chi connectivity index (χ1n) is 5.39. The van der Waals surface area contributed by atoms with E-state index in [0.29, 0.717) is 0 Å². The van der Waals surface area contributed by atoms with E-state index in [4.69, 9.17) is 14.9 Å². The highest BCUT2D eigenvalue weighted by molar-refractivity contribution is 5.75. The third kappa shape index (κ3) is 4.42. The number of alkyl carbamates (subject to hydrolysis) is 1. The molecule has 18 heavy (non-hydrogen) atoms. The maximum Gasteiger partial charge on any atom is 0.407 e. The van der Waals surface area contributed by atoms with Gasteiger partial charge in [-0.05, 0) is 12.5 Å². The first kappa shape index (κ1) is 14.0. The second-order valence-corrected chi connectivity index (χ2v) is 3.78. The Labute approximate surface area is 104 Å². The number of carboxylic acid groups (broad SMARTS) is 1. The number of nitrogens with one attached hydrogen (secondary N) is 1. The first-order valence-corrected chi connectivity index (χ1v) is 5.39. The Morgan fingerprint density at radius 1 is 1.33 bits per heavy atom. The molecule has 0 aliphatic rings. The zero-order valence-corrected chi connectivity index (χ0v) is 9.87. The number of ether oxygens (including phenoxy) is 1. The van der Waals surface area contributed by atoms with Crippen LogP contribution in [0.1, 0.15) is 12.5 Å². The smallest absolute Gasteiger partial charge is 0.407 e. The van der Waals surface area contributed by atoms with E-state index in [1.807, 2.05) is 18.2 Å². The van der Waals surface area contributed by atoms with Gasteiger partial charge >= 0.3 is 12.1 Å². The predicted octanol–water partition coefficient (Wildman–Crippen LogP) is 0.747. The van der Waals surface area contributed by atoms with Gasteiger partial charge in [-0.25, -0.2) is 9.59 Å². The number of aliphatic carboxylic acids is 1. The summed E-state index contributed by atoms with van der Waals surface area (Å²) in [5.41, 5.74) is 0.819. The largest absolute Gasteiger partial charge is 0.479 e. The van der Waals surface area contributed by atoms with Crippen molar-refractivity contribution in [2.45, 2.75) is 25.7 Å². The summed E-state index contributed by atoms with van der Waals surface area (Å²) in [7, 11) is 0. The van der Waals surface area contributed by atoms with Crippen LogP contribution in [-0.2, 0) is 16.1 Å². The van der Waals surface area contributed by atoms with Crippen LogP contribution in [0.2, 0.25) is 0 Å². The number of aliphatic hydroxyl groups is 1. The number of hydrogen-bond donors (Lipinski definition) is 3. The highest BCUT2D eigenvalue weighted by Gasteiger charge is 2.23. The molecule has 0 saturated heterocycles. The van der Waals surface area contributed by atoms with Crippen molar-refractivity contribution < 1.29 is 24.5 Å². The summed E-state index contributed by atoms with van der Waals surface area (Å²) in [5, 5.41) is 19.9. The van der Waals surface area contributed by atoms with Crippen LogP contribution in [0, 0.1) is 0 Å². The predicted molar refractivity (Wildman–Crippen MR) is 62.9 cm³/mol. The van der Waals surface area contributed by atoms with Gasteiger partial charge < -0.3 is 20.3 Å². The molecular weight excluding hydrogens is 238 g/mol. The Bertz CT molecular complexity index is 406. The number of aliphatic hydroxyl groups excluding tert-OH is 1. The molecule has 0 aromatic heterocycles. The molecule has 1 amide bonds. The van der Waals surface area contributed by atoms with Crippen LogP contribution in [0.5, 0.6) is 0 Å². The summed E-state index contributed by atoms with van der Waals surface area (Å²) >= 11 is 0. The molecule has 0 radical (unpaired) electrons. The molecule has 0 fully saturated rings. The molecule has 98 valence electrons. The molecule has 0 heterocycles. The molecular formula is C12H15NO5. The monoisotopic (exact) mass is 253 g/mol. The fourth-order valence-electron chi connectivity index (χ4n) is 1.24. The van der Waals surface area contributed by atoms with Crippen molar-refractivity contribution in [3.8, 4) is 0 Å². The van der Waals surface area contributed by atoms with Crippen LogP contribution in [0.25, 0.3) is 0 Å². The van der Waals surface area contributed by atoms with Crippen molar-refractivity contribution >= 4 is 12.1 Å². The van der Waals surface area contributed by atoms with E-state index >= 15 is 0 Å². The molecule has 3 N–H and O–H groups in total. The number of carbonyl (C=O) groups is 2. The van der Waals surface area contributed by atoms with Gasteiger partial charge in [0.25, 0.3) is 0 Å². The summed E-state index contributed by atoms with van der Waals surface area (Å²) in [4.78, 5) is 21.8. The Balaban J connectivity index is 2.36. The van der Waals surface area contributed by atoms with E-state index in [-0.39, 0.29) is 6.61 Å². The highest BCUT2D eigenvalue weighted by atomic mass is 16.5. The molecule has 1 unspecified atom stereocenters. The van der Waals surface area contributed by atoms with Gasteiger partial charge in [0.15, 0.2) is 6.10 Å². The molecule has 1 aromatic carbocycles. The van der Waals surface area contributed by atoms with E-state index in [9.17, 15) is 9.59 Å². The lowest BCUT2D eigenvalue weighted by molar-refractivity contribution is -0.147.